The number of hydrogen-bond acceptors (Lipinski definition) is 4. The van der Waals surface area contributed by atoms with Crippen LogP contribution < -0.4 is 5.73 Å². The summed E-state index contributed by atoms with van der Waals surface area (Å²) >= 11 is 0. The minimum Gasteiger partial charge on any atom is -0.368 e. The highest BCUT2D eigenvalue weighted by Crippen LogP contribution is 2.21. The molecule has 1 aromatic carbocycles. The second-order valence-corrected chi connectivity index (χ2v) is 4.14. The molecule has 1 heterocycles. The van der Waals surface area contributed by atoms with Gasteiger partial charge in [-0.1, -0.05) is 13.0 Å². The summed E-state index contributed by atoms with van der Waals surface area (Å²) in [6.45, 7) is 3.92. The van der Waals surface area contributed by atoms with Crippen LogP contribution in [0.3, 0.4) is 0 Å². The van der Waals surface area contributed by atoms with Gasteiger partial charge in [0, 0.05) is 12.0 Å². The Labute approximate surface area is 105 Å². The van der Waals surface area contributed by atoms with Gasteiger partial charge in [0.25, 0.3) is 0 Å². The largest absolute Gasteiger partial charge is 0.368 e. The predicted molar refractivity (Wildman–Crippen MR) is 68.4 cm³/mol. The van der Waals surface area contributed by atoms with Gasteiger partial charge in [0.15, 0.2) is 5.82 Å². The Bertz CT molecular complexity index is 569. The van der Waals surface area contributed by atoms with Crippen molar-refractivity contribution < 1.29 is 4.39 Å². The number of nitrogens with two attached hydrogens (primary N) is 1. The number of aryl methyl sites for hydroxylation is 2. The number of benzene rings is 1. The molecule has 2 rings (SSSR count). The van der Waals surface area contributed by atoms with Gasteiger partial charge in [-0.2, -0.15) is 9.97 Å². The predicted octanol–water partition coefficient (Wildman–Crippen LogP) is 2.52. The summed E-state index contributed by atoms with van der Waals surface area (Å²) in [4.78, 5) is 12.5. The molecule has 0 amide bonds. The number of aromatic nitrogens is 3. The molecule has 18 heavy (non-hydrogen) atoms. The van der Waals surface area contributed by atoms with E-state index in [9.17, 15) is 4.39 Å². The van der Waals surface area contributed by atoms with E-state index >= 15 is 0 Å². The molecule has 0 unspecified atom stereocenters. The van der Waals surface area contributed by atoms with Crippen LogP contribution in [0.25, 0.3) is 11.4 Å². The Morgan fingerprint density at radius 2 is 2.00 bits per heavy atom. The van der Waals surface area contributed by atoms with Crippen LogP contribution >= 0.6 is 0 Å². The van der Waals surface area contributed by atoms with E-state index in [1.807, 2.05) is 13.8 Å². The summed E-state index contributed by atoms with van der Waals surface area (Å²) in [6, 6.07) is 4.53. The molecule has 2 N–H and O–H groups in total. The molecule has 2 aromatic rings. The lowest BCUT2D eigenvalue weighted by Crippen LogP contribution is -2.05. The lowest BCUT2D eigenvalue weighted by Gasteiger charge is -2.07. The van der Waals surface area contributed by atoms with E-state index in [0.717, 1.165) is 18.4 Å². The van der Waals surface area contributed by atoms with Crippen molar-refractivity contribution in [3.05, 3.63) is 35.4 Å². The van der Waals surface area contributed by atoms with Crippen LogP contribution in [0.4, 0.5) is 10.3 Å². The average molecular weight is 246 g/mol. The van der Waals surface area contributed by atoms with Crippen LogP contribution in [0.2, 0.25) is 0 Å². The van der Waals surface area contributed by atoms with Crippen LogP contribution in [0, 0.1) is 12.7 Å². The van der Waals surface area contributed by atoms with Gasteiger partial charge in [-0.15, -0.1) is 0 Å². The highest BCUT2D eigenvalue weighted by atomic mass is 19.1. The van der Waals surface area contributed by atoms with Crippen molar-refractivity contribution in [2.24, 2.45) is 0 Å². The molecular weight excluding hydrogens is 231 g/mol. The molecule has 94 valence electrons. The minimum absolute atomic E-state index is 0.173. The van der Waals surface area contributed by atoms with Gasteiger partial charge in [-0.05, 0) is 31.0 Å². The smallest absolute Gasteiger partial charge is 0.223 e. The molecule has 0 aliphatic heterocycles. The molecule has 0 atom stereocenters. The first kappa shape index (κ1) is 12.4. The molecule has 0 aliphatic rings. The Morgan fingerprint density at radius 3 is 2.72 bits per heavy atom. The van der Waals surface area contributed by atoms with Crippen molar-refractivity contribution in [2.75, 3.05) is 5.73 Å². The average Bonchev–Trinajstić information content (AvgIpc) is 2.32. The molecule has 4 nitrogen and oxygen atoms in total. The van der Waals surface area contributed by atoms with E-state index in [-0.39, 0.29) is 11.8 Å². The molecule has 1 aromatic heterocycles. The third-order valence-corrected chi connectivity index (χ3v) is 2.61. The highest BCUT2D eigenvalue weighted by molar-refractivity contribution is 5.60. The number of halogens is 1. The fourth-order valence-corrected chi connectivity index (χ4v) is 1.73. The van der Waals surface area contributed by atoms with Crippen molar-refractivity contribution in [2.45, 2.75) is 26.7 Å². The van der Waals surface area contributed by atoms with Gasteiger partial charge in [0.1, 0.15) is 11.6 Å². The number of rotatable bonds is 3. The summed E-state index contributed by atoms with van der Waals surface area (Å²) in [6.07, 6.45) is 1.65. The van der Waals surface area contributed by atoms with Crippen LogP contribution in [-0.2, 0) is 6.42 Å². The lowest BCUT2D eigenvalue weighted by atomic mass is 10.1. The minimum atomic E-state index is -0.313. The van der Waals surface area contributed by atoms with E-state index in [1.165, 1.54) is 12.1 Å². The number of nitrogens with zero attached hydrogens (tertiary/aromatic N) is 3. The number of nitrogen functional groups attached to an aromatic ring is 1. The van der Waals surface area contributed by atoms with Gasteiger partial charge >= 0.3 is 0 Å². The van der Waals surface area contributed by atoms with Crippen LogP contribution in [0.15, 0.2) is 18.2 Å². The van der Waals surface area contributed by atoms with Crippen LogP contribution in [-0.4, -0.2) is 15.0 Å². The van der Waals surface area contributed by atoms with Gasteiger partial charge < -0.3 is 5.73 Å². The monoisotopic (exact) mass is 246 g/mol. The SMILES string of the molecule is CCCc1nc(N)nc(-c2cc(F)ccc2C)n1. The van der Waals surface area contributed by atoms with E-state index in [1.54, 1.807) is 6.07 Å². The zero-order chi connectivity index (χ0) is 13.1. The molecule has 0 spiro atoms. The third kappa shape index (κ3) is 2.61. The molecule has 0 bridgehead atoms. The quantitative estimate of drug-likeness (QED) is 0.903. The van der Waals surface area contributed by atoms with Gasteiger partial charge in [0.2, 0.25) is 5.95 Å². The maximum absolute atomic E-state index is 13.3. The van der Waals surface area contributed by atoms with E-state index in [0.29, 0.717) is 17.2 Å². The molecular formula is C13H15FN4. The van der Waals surface area contributed by atoms with Gasteiger partial charge in [-0.3, -0.25) is 0 Å². The maximum atomic E-state index is 13.3. The zero-order valence-corrected chi connectivity index (χ0v) is 10.4. The number of hydrogen-bond donors (Lipinski definition) is 1. The fourth-order valence-electron chi connectivity index (χ4n) is 1.73. The molecule has 5 heteroatoms. The van der Waals surface area contributed by atoms with Crippen molar-refractivity contribution in [3.8, 4) is 11.4 Å². The summed E-state index contributed by atoms with van der Waals surface area (Å²) < 4.78 is 13.3. The molecule has 0 fully saturated rings. The first-order chi connectivity index (χ1) is 8.60. The van der Waals surface area contributed by atoms with Crippen molar-refractivity contribution >= 4 is 5.95 Å². The Morgan fingerprint density at radius 1 is 1.22 bits per heavy atom. The van der Waals surface area contributed by atoms with Crippen LogP contribution in [0.1, 0.15) is 24.7 Å². The second kappa shape index (κ2) is 5.08. The summed E-state index contributed by atoms with van der Waals surface area (Å²) in [5.41, 5.74) is 7.22. The standard InChI is InChI=1S/C13H15FN4/c1-3-4-11-16-12(18-13(15)17-11)10-7-9(14)6-5-8(10)2/h5-7H,3-4H2,1-2H3,(H2,15,16,17,18). The van der Waals surface area contributed by atoms with Crippen LogP contribution in [0.5, 0.6) is 0 Å². The topological polar surface area (TPSA) is 64.7 Å². The van der Waals surface area contributed by atoms with E-state index < -0.39 is 0 Å². The third-order valence-electron chi connectivity index (χ3n) is 2.61. The highest BCUT2D eigenvalue weighted by Gasteiger charge is 2.09. The number of anilines is 1. The molecule has 0 saturated heterocycles. The lowest BCUT2D eigenvalue weighted by molar-refractivity contribution is 0.627. The summed E-state index contributed by atoms with van der Waals surface area (Å²) in [5, 5.41) is 0. The molecule has 0 saturated carbocycles. The molecule has 0 radical (unpaired) electrons. The Balaban J connectivity index is 2.52. The molecule has 0 aliphatic carbocycles. The van der Waals surface area contributed by atoms with Crippen molar-refractivity contribution in [1.29, 1.82) is 0 Å². The Hall–Kier alpha value is -2.04. The first-order valence-corrected chi connectivity index (χ1v) is 5.87. The van der Waals surface area contributed by atoms with Crippen molar-refractivity contribution in [1.82, 2.24) is 15.0 Å². The van der Waals surface area contributed by atoms with Crippen molar-refractivity contribution in [3.63, 3.8) is 0 Å². The van der Waals surface area contributed by atoms with Gasteiger partial charge in [0.05, 0.1) is 0 Å². The first-order valence-electron chi connectivity index (χ1n) is 5.87. The van der Waals surface area contributed by atoms with Gasteiger partial charge in [-0.25, -0.2) is 9.37 Å². The normalized spacial score (nSPS) is 10.6. The summed E-state index contributed by atoms with van der Waals surface area (Å²) in [7, 11) is 0. The fraction of sp³-hybridized carbons (Fsp3) is 0.308. The Kier molecular flexibility index (Phi) is 3.50. The summed E-state index contributed by atoms with van der Waals surface area (Å²) in [5.74, 6) is 0.936. The maximum Gasteiger partial charge on any atom is 0.223 e. The zero-order valence-electron chi connectivity index (χ0n) is 10.4. The van der Waals surface area contributed by atoms with E-state index in [2.05, 4.69) is 15.0 Å². The second-order valence-electron chi connectivity index (χ2n) is 4.14. The van der Waals surface area contributed by atoms with E-state index in [4.69, 9.17) is 5.73 Å².